The topological polar surface area (TPSA) is 68.2 Å². The zero-order valence-electron chi connectivity index (χ0n) is 12.7. The summed E-state index contributed by atoms with van der Waals surface area (Å²) in [5, 5.41) is 2.69. The van der Waals surface area contributed by atoms with Crippen molar-refractivity contribution in [1.82, 2.24) is 9.88 Å². The molecule has 6 heteroatoms. The Kier molecular flexibility index (Phi) is 5.87. The van der Waals surface area contributed by atoms with Gasteiger partial charge in [0, 0.05) is 28.8 Å². The molecule has 2 aromatic rings. The minimum Gasteiger partial charge on any atom is -0.354 e. The highest BCUT2D eigenvalue weighted by Gasteiger charge is 2.29. The second-order valence-corrected chi connectivity index (χ2v) is 5.93. The standard InChI is InChI=1S/C17H17BrN2O3/c1-2-10-19-17(23)15(20-11-4-3-5-14(20)21)16(22)12-6-8-13(18)9-7-12/h3-9,11,15H,2,10H2,1H3,(H,19,23). The van der Waals surface area contributed by atoms with Crippen LogP contribution in [0.3, 0.4) is 0 Å². The van der Waals surface area contributed by atoms with Crippen molar-refractivity contribution in [2.75, 3.05) is 6.54 Å². The third-order valence-corrected chi connectivity index (χ3v) is 3.83. The van der Waals surface area contributed by atoms with Gasteiger partial charge >= 0.3 is 0 Å². The van der Waals surface area contributed by atoms with E-state index < -0.39 is 23.3 Å². The van der Waals surface area contributed by atoms with Gasteiger partial charge in [-0.15, -0.1) is 0 Å². The van der Waals surface area contributed by atoms with Gasteiger partial charge in [0.05, 0.1) is 0 Å². The van der Waals surface area contributed by atoms with E-state index >= 15 is 0 Å². The zero-order valence-corrected chi connectivity index (χ0v) is 14.2. The van der Waals surface area contributed by atoms with E-state index in [-0.39, 0.29) is 0 Å². The largest absolute Gasteiger partial charge is 0.354 e. The van der Waals surface area contributed by atoms with E-state index in [0.29, 0.717) is 12.1 Å². The lowest BCUT2D eigenvalue weighted by molar-refractivity contribution is -0.123. The smallest absolute Gasteiger partial charge is 0.251 e. The Balaban J connectivity index is 2.43. The van der Waals surface area contributed by atoms with Crippen molar-refractivity contribution in [2.45, 2.75) is 19.4 Å². The van der Waals surface area contributed by atoms with Crippen LogP contribution in [0.25, 0.3) is 0 Å². The van der Waals surface area contributed by atoms with Crippen LogP contribution in [0.2, 0.25) is 0 Å². The third kappa shape index (κ3) is 4.16. The molecule has 0 aliphatic carbocycles. The van der Waals surface area contributed by atoms with Crippen LogP contribution in [0.15, 0.2) is 57.9 Å². The number of Topliss-reactive ketones (excluding diaryl/α,β-unsaturated/α-hetero) is 1. The summed E-state index contributed by atoms with van der Waals surface area (Å²) in [6.07, 6.45) is 2.20. The maximum absolute atomic E-state index is 12.8. The first-order valence-corrected chi connectivity index (χ1v) is 8.08. The van der Waals surface area contributed by atoms with Gasteiger partial charge in [0.1, 0.15) is 0 Å². The predicted molar refractivity (Wildman–Crippen MR) is 91.5 cm³/mol. The highest BCUT2D eigenvalue weighted by molar-refractivity contribution is 9.10. The number of carbonyl (C=O) groups excluding carboxylic acids is 2. The van der Waals surface area contributed by atoms with Gasteiger partial charge in [0.2, 0.25) is 0 Å². The van der Waals surface area contributed by atoms with Crippen molar-refractivity contribution >= 4 is 27.6 Å². The van der Waals surface area contributed by atoms with Crippen LogP contribution in [0.5, 0.6) is 0 Å². The third-order valence-electron chi connectivity index (χ3n) is 3.30. The number of rotatable bonds is 6. The quantitative estimate of drug-likeness (QED) is 0.622. The van der Waals surface area contributed by atoms with Crippen LogP contribution < -0.4 is 10.9 Å². The van der Waals surface area contributed by atoms with E-state index in [1.54, 1.807) is 36.4 Å². The van der Waals surface area contributed by atoms with Crippen molar-refractivity contribution in [3.63, 3.8) is 0 Å². The van der Waals surface area contributed by atoms with Gasteiger partial charge in [-0.3, -0.25) is 19.0 Å². The van der Waals surface area contributed by atoms with E-state index in [1.165, 1.54) is 12.3 Å². The molecule has 0 fully saturated rings. The SMILES string of the molecule is CCCNC(=O)C(C(=O)c1ccc(Br)cc1)n1ccccc1=O. The normalized spacial score (nSPS) is 11.7. The van der Waals surface area contributed by atoms with Gasteiger partial charge in [0.15, 0.2) is 11.8 Å². The van der Waals surface area contributed by atoms with Crippen LogP contribution in [-0.4, -0.2) is 22.8 Å². The average molecular weight is 377 g/mol. The number of hydrogen-bond acceptors (Lipinski definition) is 3. The molecule has 0 saturated carbocycles. The Hall–Kier alpha value is -2.21. The molecular formula is C17H17BrN2O3. The Morgan fingerprint density at radius 2 is 1.87 bits per heavy atom. The van der Waals surface area contributed by atoms with Crippen LogP contribution >= 0.6 is 15.9 Å². The minimum absolute atomic E-state index is 0.376. The van der Waals surface area contributed by atoms with Crippen LogP contribution in [0, 0.1) is 0 Å². The molecule has 0 aliphatic heterocycles. The highest BCUT2D eigenvalue weighted by Crippen LogP contribution is 2.17. The summed E-state index contributed by atoms with van der Waals surface area (Å²) in [7, 11) is 0. The van der Waals surface area contributed by atoms with Crippen LogP contribution in [0.4, 0.5) is 0 Å². The van der Waals surface area contributed by atoms with Gasteiger partial charge < -0.3 is 5.32 Å². The van der Waals surface area contributed by atoms with Crippen LogP contribution in [0.1, 0.15) is 29.7 Å². The maximum Gasteiger partial charge on any atom is 0.251 e. The summed E-state index contributed by atoms with van der Waals surface area (Å²) in [4.78, 5) is 37.3. The van der Waals surface area contributed by atoms with Crippen molar-refractivity contribution in [1.29, 1.82) is 0 Å². The Morgan fingerprint density at radius 3 is 2.48 bits per heavy atom. The van der Waals surface area contributed by atoms with E-state index in [0.717, 1.165) is 15.5 Å². The highest BCUT2D eigenvalue weighted by atomic mass is 79.9. The fraction of sp³-hybridized carbons (Fsp3) is 0.235. The molecule has 1 aromatic heterocycles. The molecule has 1 heterocycles. The molecule has 1 amide bonds. The van der Waals surface area contributed by atoms with Gasteiger partial charge in [-0.25, -0.2) is 0 Å². The number of carbonyl (C=O) groups is 2. The number of ketones is 1. The number of pyridine rings is 1. The molecule has 1 aromatic carbocycles. The second-order valence-electron chi connectivity index (χ2n) is 5.01. The molecule has 1 atom stereocenters. The van der Waals surface area contributed by atoms with Crippen molar-refractivity contribution < 1.29 is 9.59 Å². The Morgan fingerprint density at radius 1 is 1.17 bits per heavy atom. The van der Waals surface area contributed by atoms with E-state index in [9.17, 15) is 14.4 Å². The Bertz CT molecular complexity index is 753. The number of nitrogens with zero attached hydrogens (tertiary/aromatic N) is 1. The lowest BCUT2D eigenvalue weighted by Crippen LogP contribution is -2.41. The average Bonchev–Trinajstić information content (AvgIpc) is 2.55. The summed E-state index contributed by atoms with van der Waals surface area (Å²) in [5.41, 5.74) is -0.0183. The first-order chi connectivity index (χ1) is 11.0. The molecule has 0 radical (unpaired) electrons. The van der Waals surface area contributed by atoms with Crippen molar-refractivity contribution in [3.8, 4) is 0 Å². The molecule has 0 aliphatic rings. The first-order valence-electron chi connectivity index (χ1n) is 7.29. The molecule has 1 N–H and O–H groups in total. The van der Waals surface area contributed by atoms with Gasteiger partial charge in [-0.1, -0.05) is 41.1 Å². The van der Waals surface area contributed by atoms with Crippen LogP contribution in [-0.2, 0) is 4.79 Å². The fourth-order valence-electron chi connectivity index (χ4n) is 2.14. The Labute approximate surface area is 142 Å². The van der Waals surface area contributed by atoms with Gasteiger partial charge in [0.25, 0.3) is 11.5 Å². The summed E-state index contributed by atoms with van der Waals surface area (Å²) >= 11 is 3.31. The molecule has 23 heavy (non-hydrogen) atoms. The summed E-state index contributed by atoms with van der Waals surface area (Å²) in [5.74, 6) is -0.896. The maximum atomic E-state index is 12.8. The fourth-order valence-corrected chi connectivity index (χ4v) is 2.41. The zero-order chi connectivity index (χ0) is 16.8. The van der Waals surface area contributed by atoms with E-state index in [2.05, 4.69) is 21.2 Å². The first kappa shape index (κ1) is 17.1. The lowest BCUT2D eigenvalue weighted by atomic mass is 10.0. The molecule has 0 spiro atoms. The predicted octanol–water partition coefficient (Wildman–Crippen LogP) is 2.56. The molecule has 2 rings (SSSR count). The van der Waals surface area contributed by atoms with Gasteiger partial charge in [-0.2, -0.15) is 0 Å². The van der Waals surface area contributed by atoms with E-state index in [4.69, 9.17) is 0 Å². The second kappa shape index (κ2) is 7.87. The van der Waals surface area contributed by atoms with Crippen molar-refractivity contribution in [2.24, 2.45) is 0 Å². The van der Waals surface area contributed by atoms with E-state index in [1.807, 2.05) is 6.92 Å². The molecule has 120 valence electrons. The molecule has 5 nitrogen and oxygen atoms in total. The number of hydrogen-bond donors (Lipinski definition) is 1. The summed E-state index contributed by atoms with van der Waals surface area (Å²) in [6, 6.07) is 10.0. The monoisotopic (exact) mass is 376 g/mol. The molecule has 0 saturated heterocycles. The molecular weight excluding hydrogens is 360 g/mol. The lowest BCUT2D eigenvalue weighted by Gasteiger charge is -2.18. The number of halogens is 1. The molecule has 0 bridgehead atoms. The van der Waals surface area contributed by atoms with Crippen molar-refractivity contribution in [3.05, 3.63) is 69.1 Å². The summed E-state index contributed by atoms with van der Waals surface area (Å²) in [6.45, 7) is 2.37. The number of aromatic nitrogens is 1. The van der Waals surface area contributed by atoms with Gasteiger partial charge in [-0.05, 0) is 24.6 Å². The minimum atomic E-state index is -1.21. The summed E-state index contributed by atoms with van der Waals surface area (Å²) < 4.78 is 1.99. The molecule has 1 unspecified atom stereocenters. The number of benzene rings is 1. The number of amides is 1. The number of nitrogens with one attached hydrogen (secondary N) is 1.